The largest absolute Gasteiger partial charge is 0.493 e. The van der Waals surface area contributed by atoms with Gasteiger partial charge in [-0.2, -0.15) is 10.1 Å². The fraction of sp³-hybridized carbons (Fsp3) is 0.136. The van der Waals surface area contributed by atoms with E-state index in [1.807, 2.05) is 12.1 Å². The summed E-state index contributed by atoms with van der Waals surface area (Å²) < 4.78 is 16.6. The van der Waals surface area contributed by atoms with Crippen molar-refractivity contribution in [3.05, 3.63) is 65.2 Å². The fourth-order valence-corrected chi connectivity index (χ4v) is 3.62. The number of carbonyl (C=O) groups excluding carboxylic acids is 2. The van der Waals surface area contributed by atoms with E-state index in [0.29, 0.717) is 52.5 Å². The van der Waals surface area contributed by atoms with Gasteiger partial charge in [0.2, 0.25) is 5.75 Å². The van der Waals surface area contributed by atoms with Crippen molar-refractivity contribution in [2.45, 2.75) is 0 Å². The highest BCUT2D eigenvalue weighted by atomic mass is 16.6. The molecule has 7 heteroatoms. The maximum atomic E-state index is 12.9. The molecular weight excluding hydrogens is 372 g/mol. The Morgan fingerprint density at radius 1 is 1.00 bits per heavy atom. The summed E-state index contributed by atoms with van der Waals surface area (Å²) in [6.07, 6.45) is 1.44. The van der Waals surface area contributed by atoms with Crippen LogP contribution in [0.15, 0.2) is 53.6 Å². The van der Waals surface area contributed by atoms with Gasteiger partial charge in [0.25, 0.3) is 11.8 Å². The molecule has 0 saturated heterocycles. The number of benzene rings is 3. The number of amides is 2. The van der Waals surface area contributed by atoms with Crippen molar-refractivity contribution in [2.75, 3.05) is 20.3 Å². The summed E-state index contributed by atoms with van der Waals surface area (Å²) >= 11 is 0. The minimum atomic E-state index is -0.458. The summed E-state index contributed by atoms with van der Waals surface area (Å²) in [7, 11) is 1.53. The molecule has 144 valence electrons. The number of hydrogen-bond donors (Lipinski definition) is 0. The average Bonchev–Trinajstić information content (AvgIpc) is 2.76. The molecule has 0 spiro atoms. The van der Waals surface area contributed by atoms with Crippen molar-refractivity contribution in [3.8, 4) is 17.2 Å². The Balaban J connectivity index is 1.54. The number of rotatable bonds is 3. The Bertz CT molecular complexity index is 1130. The van der Waals surface area contributed by atoms with Crippen LogP contribution in [0.25, 0.3) is 10.8 Å². The Hall–Kier alpha value is -3.87. The Kier molecular flexibility index (Phi) is 3.94. The second kappa shape index (κ2) is 6.63. The number of hydrazone groups is 1. The first kappa shape index (κ1) is 17.2. The second-order valence-corrected chi connectivity index (χ2v) is 6.62. The lowest BCUT2D eigenvalue weighted by atomic mass is 9.95. The van der Waals surface area contributed by atoms with Gasteiger partial charge in [0.05, 0.1) is 24.5 Å². The normalized spacial score (nSPS) is 15.3. The fourth-order valence-electron chi connectivity index (χ4n) is 3.62. The molecule has 5 rings (SSSR count). The smallest absolute Gasteiger partial charge is 0.282 e. The van der Waals surface area contributed by atoms with Gasteiger partial charge < -0.3 is 14.2 Å². The molecule has 2 aliphatic heterocycles. The number of imide groups is 1. The predicted molar refractivity (Wildman–Crippen MR) is 106 cm³/mol. The van der Waals surface area contributed by atoms with Crippen LogP contribution in [-0.2, 0) is 0 Å². The molecular formula is C22H16N2O5. The number of methoxy groups -OCH3 is 1. The number of fused-ring (bicyclic) bond motifs is 1. The lowest BCUT2D eigenvalue weighted by molar-refractivity contribution is 0.0616. The van der Waals surface area contributed by atoms with E-state index in [4.69, 9.17) is 14.2 Å². The number of ether oxygens (including phenoxy) is 3. The standard InChI is InChI=1S/C22H16N2O5/c1-27-17-10-13(11-18-20(17)29-9-8-28-18)12-23-24-21(25)15-6-2-4-14-5-3-7-16(19(14)15)22(24)26/h2-7,10-12H,8-9H2,1H3. The maximum Gasteiger partial charge on any atom is 0.282 e. The first-order chi connectivity index (χ1) is 14.2. The van der Waals surface area contributed by atoms with E-state index in [2.05, 4.69) is 5.10 Å². The van der Waals surface area contributed by atoms with Crippen molar-refractivity contribution >= 4 is 28.8 Å². The summed E-state index contributed by atoms with van der Waals surface area (Å²) in [5.74, 6) is 0.639. The highest BCUT2D eigenvalue weighted by Gasteiger charge is 2.32. The van der Waals surface area contributed by atoms with Crippen LogP contribution in [0.3, 0.4) is 0 Å². The number of hydrogen-bond acceptors (Lipinski definition) is 6. The SMILES string of the molecule is COc1cc(C=NN2C(=O)c3cccc4cccc(c34)C2=O)cc2c1OCCO2. The monoisotopic (exact) mass is 388 g/mol. The summed E-state index contributed by atoms with van der Waals surface area (Å²) in [5.41, 5.74) is 1.52. The quantitative estimate of drug-likeness (QED) is 0.508. The zero-order chi connectivity index (χ0) is 20.0. The van der Waals surface area contributed by atoms with Gasteiger partial charge in [0.15, 0.2) is 11.5 Å². The summed E-state index contributed by atoms with van der Waals surface area (Å²) in [6, 6.07) is 14.2. The van der Waals surface area contributed by atoms with Gasteiger partial charge in [0.1, 0.15) is 13.2 Å². The van der Waals surface area contributed by atoms with E-state index < -0.39 is 11.8 Å². The molecule has 0 atom stereocenters. The van der Waals surface area contributed by atoms with Gasteiger partial charge in [-0.05, 0) is 29.7 Å². The van der Waals surface area contributed by atoms with Crippen LogP contribution in [0.5, 0.6) is 17.2 Å². The molecule has 29 heavy (non-hydrogen) atoms. The lowest BCUT2D eigenvalue weighted by Crippen LogP contribution is -2.36. The maximum absolute atomic E-state index is 12.9. The van der Waals surface area contributed by atoms with Gasteiger partial charge in [-0.1, -0.05) is 24.3 Å². The molecule has 0 aliphatic carbocycles. The highest BCUT2D eigenvalue weighted by molar-refractivity contribution is 6.25. The topological polar surface area (TPSA) is 77.4 Å². The molecule has 0 radical (unpaired) electrons. The highest BCUT2D eigenvalue weighted by Crippen LogP contribution is 2.40. The van der Waals surface area contributed by atoms with E-state index in [0.717, 1.165) is 10.4 Å². The molecule has 0 fully saturated rings. The summed E-state index contributed by atoms with van der Waals surface area (Å²) in [4.78, 5) is 25.8. The Morgan fingerprint density at radius 3 is 2.38 bits per heavy atom. The third-order valence-corrected chi connectivity index (χ3v) is 4.92. The molecule has 2 aliphatic rings. The zero-order valence-electron chi connectivity index (χ0n) is 15.5. The van der Waals surface area contributed by atoms with Crippen LogP contribution in [-0.4, -0.2) is 43.4 Å². The molecule has 2 amide bonds. The van der Waals surface area contributed by atoms with Crippen LogP contribution >= 0.6 is 0 Å². The predicted octanol–water partition coefficient (Wildman–Crippen LogP) is 3.25. The van der Waals surface area contributed by atoms with Crippen LogP contribution < -0.4 is 14.2 Å². The summed E-state index contributed by atoms with van der Waals surface area (Å²) in [5, 5.41) is 6.59. The second-order valence-electron chi connectivity index (χ2n) is 6.62. The molecule has 3 aromatic carbocycles. The first-order valence-electron chi connectivity index (χ1n) is 9.09. The van der Waals surface area contributed by atoms with E-state index in [1.165, 1.54) is 13.3 Å². The average molecular weight is 388 g/mol. The minimum Gasteiger partial charge on any atom is -0.493 e. The van der Waals surface area contributed by atoms with E-state index in [-0.39, 0.29) is 0 Å². The molecule has 2 heterocycles. The molecule has 0 N–H and O–H groups in total. The van der Waals surface area contributed by atoms with Gasteiger partial charge in [-0.15, -0.1) is 0 Å². The van der Waals surface area contributed by atoms with Crippen LogP contribution in [0.4, 0.5) is 0 Å². The Labute approximate surface area is 166 Å². The van der Waals surface area contributed by atoms with Crippen molar-refractivity contribution < 1.29 is 23.8 Å². The zero-order valence-corrected chi connectivity index (χ0v) is 15.5. The lowest BCUT2D eigenvalue weighted by Gasteiger charge is -2.23. The molecule has 0 aromatic heterocycles. The van der Waals surface area contributed by atoms with Gasteiger partial charge in [-0.3, -0.25) is 9.59 Å². The Morgan fingerprint density at radius 2 is 1.69 bits per heavy atom. The van der Waals surface area contributed by atoms with Crippen molar-refractivity contribution in [2.24, 2.45) is 5.10 Å². The van der Waals surface area contributed by atoms with Gasteiger partial charge in [-0.25, -0.2) is 0 Å². The van der Waals surface area contributed by atoms with Gasteiger partial charge in [0, 0.05) is 10.9 Å². The van der Waals surface area contributed by atoms with E-state index in [9.17, 15) is 9.59 Å². The minimum absolute atomic E-state index is 0.431. The van der Waals surface area contributed by atoms with E-state index in [1.54, 1.807) is 36.4 Å². The van der Waals surface area contributed by atoms with E-state index >= 15 is 0 Å². The van der Waals surface area contributed by atoms with Crippen molar-refractivity contribution in [3.63, 3.8) is 0 Å². The summed E-state index contributed by atoms with van der Waals surface area (Å²) in [6.45, 7) is 0.874. The number of carbonyl (C=O) groups is 2. The van der Waals surface area contributed by atoms with Crippen LogP contribution in [0.1, 0.15) is 26.3 Å². The van der Waals surface area contributed by atoms with Crippen molar-refractivity contribution in [1.82, 2.24) is 5.01 Å². The van der Waals surface area contributed by atoms with Gasteiger partial charge >= 0.3 is 0 Å². The first-order valence-corrected chi connectivity index (χ1v) is 9.09. The van der Waals surface area contributed by atoms with Crippen LogP contribution in [0, 0.1) is 0 Å². The van der Waals surface area contributed by atoms with Crippen LogP contribution in [0.2, 0.25) is 0 Å². The molecule has 0 saturated carbocycles. The molecule has 0 unspecified atom stereocenters. The van der Waals surface area contributed by atoms with Crippen molar-refractivity contribution in [1.29, 1.82) is 0 Å². The molecule has 3 aromatic rings. The number of nitrogens with zero attached hydrogens (tertiary/aromatic N) is 2. The third kappa shape index (κ3) is 2.70. The molecule has 0 bridgehead atoms. The third-order valence-electron chi connectivity index (χ3n) is 4.92. The molecule has 7 nitrogen and oxygen atoms in total.